The molecule has 0 radical (unpaired) electrons. The van der Waals surface area contributed by atoms with Crippen molar-refractivity contribution in [1.29, 1.82) is 0 Å². The maximum absolute atomic E-state index is 4.47. The average molecular weight is 885 g/mol. The second-order valence-electron chi connectivity index (χ2n) is 23.5. The molecule has 1 atom stereocenters. The summed E-state index contributed by atoms with van der Waals surface area (Å²) in [6.45, 7) is 27.5. The first-order valence-electron chi connectivity index (χ1n) is 24.8. The zero-order valence-electron chi connectivity index (χ0n) is 42.7. The Labute approximate surface area is 409 Å². The predicted molar refractivity (Wildman–Crippen MR) is 300 cm³/mol. The van der Waals surface area contributed by atoms with E-state index < -0.39 is 0 Å². The summed E-state index contributed by atoms with van der Waals surface area (Å²) >= 11 is 0. The third-order valence-corrected chi connectivity index (χ3v) is 14.6. The number of hydrogen-bond acceptors (Lipinski definition) is 0. The number of fused-ring (bicyclic) bond motifs is 3. The number of rotatable bonds is 7. The van der Waals surface area contributed by atoms with E-state index in [2.05, 4.69) is 266 Å². The Kier molecular flexibility index (Phi) is 12.1. The first-order chi connectivity index (χ1) is 32.2. The van der Waals surface area contributed by atoms with Crippen LogP contribution in [0.1, 0.15) is 139 Å². The Bertz CT molecular complexity index is 3180. The molecule has 0 saturated carbocycles. The van der Waals surface area contributed by atoms with Crippen molar-refractivity contribution in [3.8, 4) is 44.5 Å². The fourth-order valence-corrected chi connectivity index (χ4v) is 10.3. The van der Waals surface area contributed by atoms with Gasteiger partial charge in [0, 0.05) is 0 Å². The summed E-state index contributed by atoms with van der Waals surface area (Å²) in [4.78, 5) is 0. The van der Waals surface area contributed by atoms with Gasteiger partial charge in [-0.15, -0.1) is 0 Å². The fraction of sp³-hybridized carbons (Fsp3) is 0.269. The van der Waals surface area contributed by atoms with Crippen LogP contribution in [-0.2, 0) is 28.1 Å². The van der Waals surface area contributed by atoms with Gasteiger partial charge in [-0.05, 0) is 5.41 Å². The van der Waals surface area contributed by atoms with Crippen LogP contribution in [0.2, 0.25) is 0 Å². The molecule has 0 heterocycles. The number of allylic oxidation sites excluding steroid dienone is 1. The summed E-state index contributed by atoms with van der Waals surface area (Å²) in [5.74, 6) is 2.20. The molecular weight excluding hydrogens is 816 g/mol. The van der Waals surface area contributed by atoms with E-state index in [4.69, 9.17) is 0 Å². The zero-order chi connectivity index (χ0) is 48.3. The molecule has 0 aliphatic heterocycles. The summed E-state index contributed by atoms with van der Waals surface area (Å²) in [6.07, 6.45) is 3.38. The number of benzene rings is 8. The second-order valence-corrected chi connectivity index (χ2v) is 23.5. The molecule has 0 aromatic heterocycles. The van der Waals surface area contributed by atoms with Gasteiger partial charge in [-0.3, -0.25) is 0 Å². The molecule has 9 rings (SSSR count). The molecule has 68 heavy (non-hydrogen) atoms. The minimum absolute atomic E-state index is 0.0510. The van der Waals surface area contributed by atoms with E-state index >= 15 is 0 Å². The minimum atomic E-state index is 0.0510. The molecule has 0 spiro atoms. The Morgan fingerprint density at radius 3 is 1.25 bits per heavy atom. The van der Waals surface area contributed by atoms with Crippen molar-refractivity contribution in [3.63, 3.8) is 0 Å². The molecule has 8 aromatic rings. The molecule has 0 fully saturated rings. The van der Waals surface area contributed by atoms with Gasteiger partial charge in [-0.2, -0.15) is 0 Å². The van der Waals surface area contributed by atoms with Gasteiger partial charge in [0.05, 0.1) is 0 Å². The molecule has 1 unspecified atom stereocenters. The van der Waals surface area contributed by atoms with Crippen LogP contribution in [0.25, 0.3) is 66.9 Å². The molecule has 340 valence electrons. The van der Waals surface area contributed by atoms with Crippen LogP contribution < -0.4 is 0 Å². The van der Waals surface area contributed by atoms with E-state index in [9.17, 15) is 0 Å². The predicted octanol–water partition coefficient (Wildman–Crippen LogP) is 17.6. The molecule has 0 N–H and O–H groups in total. The molecule has 1 aliphatic rings. The average Bonchev–Trinajstić information content (AvgIpc) is 3.32. The third-order valence-electron chi connectivity index (χ3n) is 14.6. The van der Waals surface area contributed by atoms with Gasteiger partial charge >= 0.3 is 344 Å². The van der Waals surface area contributed by atoms with E-state index in [0.717, 1.165) is 12.0 Å². The zero-order valence-corrected chi connectivity index (χ0v) is 42.7. The molecular formula is C67H69B. The Hall–Kier alpha value is -6.31. The van der Waals surface area contributed by atoms with Crippen molar-refractivity contribution in [3.05, 3.63) is 214 Å². The van der Waals surface area contributed by atoms with E-state index in [-0.39, 0.29) is 27.6 Å². The first-order valence-corrected chi connectivity index (χ1v) is 24.8. The summed E-state index contributed by atoms with van der Waals surface area (Å²) in [5.41, 5.74) is 23.3. The molecule has 8 aromatic carbocycles. The normalized spacial score (nSPS) is 14.4. The van der Waals surface area contributed by atoms with Gasteiger partial charge in [-0.1, -0.05) is 62.3 Å². The van der Waals surface area contributed by atoms with E-state index in [1.165, 1.54) is 105 Å². The van der Waals surface area contributed by atoms with Crippen LogP contribution in [-0.4, -0.2) is 13.5 Å². The summed E-state index contributed by atoms with van der Waals surface area (Å²) in [6, 6.07) is 62.8. The molecule has 0 saturated heterocycles. The Balaban J connectivity index is 1.29. The van der Waals surface area contributed by atoms with Crippen LogP contribution in [0.5, 0.6) is 0 Å². The van der Waals surface area contributed by atoms with Gasteiger partial charge in [-0.25, -0.2) is 0 Å². The SMILES string of the molecule is B=Cc1cc2cc(-c3ccccc3-c3ccc(C(C)(C)C)cc3)c(-c3ccc(C(C)(C)C)cc3)cc2c2c1C=C(c1ccccc1-c1ccc(C(C)(C)C)cc1)C(c1ccc(C(C)(C)C)cc1)C2. The molecule has 1 aliphatic carbocycles. The first kappa shape index (κ1) is 46.8. The monoisotopic (exact) mass is 885 g/mol. The third kappa shape index (κ3) is 9.18. The van der Waals surface area contributed by atoms with Gasteiger partial charge in [0.25, 0.3) is 0 Å². The topological polar surface area (TPSA) is 0 Å². The number of hydrogen-bond donors (Lipinski definition) is 0. The molecule has 0 amide bonds. The van der Waals surface area contributed by atoms with Crippen molar-refractivity contribution in [1.82, 2.24) is 0 Å². The molecule has 0 nitrogen and oxygen atoms in total. The standard InChI is InChI=1S/C67H69B/c1-64(2,3)49-29-21-43(22-30-49)53-17-13-15-19-55(53)61-38-47-37-48(42-68)60-41-62(56-20-16-14-18-54(56)44-23-31-50(32-24-44)65(4,5)6)58(46-27-35-52(36-28-46)67(10,11)12)40-63(60)59(47)39-57(61)45-25-33-51(34-26-45)66(7,8)9/h13-39,41-42,58,68H,40H2,1-12H3. The van der Waals surface area contributed by atoms with Crippen LogP contribution in [0.3, 0.4) is 0 Å². The Morgan fingerprint density at radius 1 is 0.412 bits per heavy atom. The molecule has 1 heteroatoms. The Morgan fingerprint density at radius 2 is 0.809 bits per heavy atom. The van der Waals surface area contributed by atoms with Gasteiger partial charge in [0.15, 0.2) is 0 Å². The van der Waals surface area contributed by atoms with Crippen LogP contribution >= 0.6 is 0 Å². The second kappa shape index (κ2) is 17.7. The van der Waals surface area contributed by atoms with Crippen molar-refractivity contribution >= 4 is 35.9 Å². The summed E-state index contributed by atoms with van der Waals surface area (Å²) < 4.78 is 0. The summed E-state index contributed by atoms with van der Waals surface area (Å²) in [7, 11) is 4.47. The van der Waals surface area contributed by atoms with Gasteiger partial charge in [0.1, 0.15) is 0 Å². The van der Waals surface area contributed by atoms with Crippen LogP contribution in [0, 0.1) is 0 Å². The van der Waals surface area contributed by atoms with Crippen LogP contribution in [0.4, 0.5) is 0 Å². The maximum atomic E-state index is 4.47. The van der Waals surface area contributed by atoms with Gasteiger partial charge in [0.2, 0.25) is 0 Å². The van der Waals surface area contributed by atoms with E-state index in [1.54, 1.807) is 0 Å². The van der Waals surface area contributed by atoms with Gasteiger partial charge < -0.3 is 0 Å². The quantitative estimate of drug-likeness (QED) is 0.140. The molecule has 0 bridgehead atoms. The van der Waals surface area contributed by atoms with E-state index in [1.807, 2.05) is 0 Å². The van der Waals surface area contributed by atoms with Crippen molar-refractivity contribution in [2.24, 2.45) is 0 Å². The van der Waals surface area contributed by atoms with Crippen molar-refractivity contribution in [2.45, 2.75) is 117 Å². The fourth-order valence-electron chi connectivity index (χ4n) is 10.3. The van der Waals surface area contributed by atoms with E-state index in [0.29, 0.717) is 0 Å². The van der Waals surface area contributed by atoms with Crippen molar-refractivity contribution in [2.75, 3.05) is 0 Å². The van der Waals surface area contributed by atoms with Crippen LogP contribution in [0.15, 0.2) is 164 Å². The summed E-state index contributed by atoms with van der Waals surface area (Å²) in [5, 5.41) is 2.54. The van der Waals surface area contributed by atoms with Crippen molar-refractivity contribution < 1.29 is 0 Å².